The number of aliphatic carboxylic acids is 1. The molecule has 4 rings (SSSR count). The maximum absolute atomic E-state index is 15.6. The number of fused-ring (bicyclic) bond motifs is 1. The molecule has 4 aromatic rings. The van der Waals surface area contributed by atoms with Crippen LogP contribution in [0.1, 0.15) is 49.0 Å². The van der Waals surface area contributed by atoms with Gasteiger partial charge in [-0.3, -0.25) is 4.79 Å². The number of rotatable bonds is 9. The Balaban J connectivity index is 0.00000361. The fourth-order valence-corrected chi connectivity index (χ4v) is 4.51. The number of halogens is 2. The molecule has 36 heavy (non-hydrogen) atoms. The molecular formula is C30H31ClFNO3. The number of hydrogen-bond acceptors (Lipinski definition) is 3. The summed E-state index contributed by atoms with van der Waals surface area (Å²) in [4.78, 5) is 11.0. The Labute approximate surface area is 217 Å². The van der Waals surface area contributed by atoms with Gasteiger partial charge in [0, 0.05) is 24.1 Å². The topological polar surface area (TPSA) is 58.6 Å². The fourth-order valence-electron chi connectivity index (χ4n) is 4.51. The van der Waals surface area contributed by atoms with Crippen LogP contribution in [0.25, 0.3) is 21.9 Å². The van der Waals surface area contributed by atoms with Crippen molar-refractivity contribution in [1.29, 1.82) is 0 Å². The van der Waals surface area contributed by atoms with Gasteiger partial charge in [-0.1, -0.05) is 54.6 Å². The molecule has 0 aliphatic carbocycles. The summed E-state index contributed by atoms with van der Waals surface area (Å²) >= 11 is 0. The van der Waals surface area contributed by atoms with Crippen LogP contribution in [0.3, 0.4) is 0 Å². The molecule has 0 amide bonds. The Morgan fingerprint density at radius 1 is 0.917 bits per heavy atom. The van der Waals surface area contributed by atoms with Crippen molar-refractivity contribution in [2.24, 2.45) is 0 Å². The highest BCUT2D eigenvalue weighted by molar-refractivity contribution is 5.97. The normalized spacial score (nSPS) is 12.6. The Morgan fingerprint density at radius 3 is 2.39 bits per heavy atom. The molecule has 2 N–H and O–H groups in total. The van der Waals surface area contributed by atoms with E-state index in [0.717, 1.165) is 33.2 Å². The maximum atomic E-state index is 15.6. The van der Waals surface area contributed by atoms with E-state index in [4.69, 9.17) is 9.84 Å². The van der Waals surface area contributed by atoms with Crippen molar-refractivity contribution in [2.45, 2.75) is 38.8 Å². The first-order chi connectivity index (χ1) is 16.9. The van der Waals surface area contributed by atoms with Crippen LogP contribution in [0.15, 0.2) is 78.9 Å². The van der Waals surface area contributed by atoms with Crippen LogP contribution in [0.4, 0.5) is 4.39 Å². The van der Waals surface area contributed by atoms with E-state index in [2.05, 4.69) is 31.3 Å². The third kappa shape index (κ3) is 6.04. The maximum Gasteiger partial charge on any atom is 0.303 e. The molecule has 0 heterocycles. The highest BCUT2D eigenvalue weighted by Gasteiger charge is 2.17. The van der Waals surface area contributed by atoms with E-state index in [1.54, 1.807) is 25.3 Å². The standard InChI is InChI=1S/C30H30FNO3.ClH/c1-19(22-10-6-11-25(17-22)35-3)32-20(2)24-16-23-8-4-5-12-26(23)28(18-24)27-13-7-9-21(30(27)31)14-15-29(33)34;/h4-13,16-20,32H,14-15H2,1-3H3,(H,33,34);1H/t19-,20?;/m1./s1. The van der Waals surface area contributed by atoms with Crippen molar-refractivity contribution in [3.05, 3.63) is 101 Å². The van der Waals surface area contributed by atoms with Gasteiger partial charge in [0.25, 0.3) is 0 Å². The summed E-state index contributed by atoms with van der Waals surface area (Å²) in [6, 6.07) is 25.4. The zero-order valence-electron chi connectivity index (χ0n) is 20.6. The number of benzene rings is 4. The minimum absolute atomic E-state index is 0. The van der Waals surface area contributed by atoms with Crippen molar-refractivity contribution < 1.29 is 19.0 Å². The van der Waals surface area contributed by atoms with Gasteiger partial charge in [0.2, 0.25) is 0 Å². The van der Waals surface area contributed by atoms with Gasteiger partial charge in [-0.2, -0.15) is 0 Å². The van der Waals surface area contributed by atoms with Crippen molar-refractivity contribution in [1.82, 2.24) is 5.32 Å². The highest BCUT2D eigenvalue weighted by atomic mass is 35.5. The number of methoxy groups -OCH3 is 1. The highest BCUT2D eigenvalue weighted by Crippen LogP contribution is 2.35. The predicted octanol–water partition coefficient (Wildman–Crippen LogP) is 7.51. The van der Waals surface area contributed by atoms with Crippen LogP contribution < -0.4 is 10.1 Å². The summed E-state index contributed by atoms with van der Waals surface area (Å²) in [5, 5.41) is 14.7. The van der Waals surface area contributed by atoms with E-state index in [9.17, 15) is 4.79 Å². The largest absolute Gasteiger partial charge is 0.497 e. The zero-order valence-corrected chi connectivity index (χ0v) is 21.4. The van der Waals surface area contributed by atoms with E-state index >= 15 is 4.39 Å². The van der Waals surface area contributed by atoms with E-state index in [-0.39, 0.29) is 43.1 Å². The Hall–Kier alpha value is -3.41. The van der Waals surface area contributed by atoms with Gasteiger partial charge in [0.1, 0.15) is 11.6 Å². The first-order valence-electron chi connectivity index (χ1n) is 11.8. The van der Waals surface area contributed by atoms with Crippen molar-refractivity contribution in [2.75, 3.05) is 7.11 Å². The molecule has 0 saturated heterocycles. The second kappa shape index (κ2) is 12.0. The molecule has 0 radical (unpaired) electrons. The number of ether oxygens (including phenoxy) is 1. The average molecular weight is 508 g/mol. The van der Waals surface area contributed by atoms with Gasteiger partial charge >= 0.3 is 5.97 Å². The van der Waals surface area contributed by atoms with E-state index in [1.807, 2.05) is 48.5 Å². The summed E-state index contributed by atoms with van der Waals surface area (Å²) in [6.45, 7) is 4.21. The van der Waals surface area contributed by atoms with Crippen LogP contribution in [0.2, 0.25) is 0 Å². The summed E-state index contributed by atoms with van der Waals surface area (Å²) in [5.74, 6) is -0.483. The lowest BCUT2D eigenvalue weighted by Gasteiger charge is -2.23. The second-order valence-corrected chi connectivity index (χ2v) is 8.85. The molecule has 0 bridgehead atoms. The minimum Gasteiger partial charge on any atom is -0.497 e. The first-order valence-corrected chi connectivity index (χ1v) is 11.8. The van der Waals surface area contributed by atoms with Gasteiger partial charge in [0.15, 0.2) is 0 Å². The van der Waals surface area contributed by atoms with Crippen LogP contribution in [-0.4, -0.2) is 18.2 Å². The van der Waals surface area contributed by atoms with E-state index in [1.165, 1.54) is 0 Å². The number of carboxylic acids is 1. The number of nitrogens with one attached hydrogen (secondary N) is 1. The third-order valence-corrected chi connectivity index (χ3v) is 6.45. The van der Waals surface area contributed by atoms with E-state index in [0.29, 0.717) is 11.1 Å². The molecule has 1 unspecified atom stereocenters. The molecule has 0 fully saturated rings. The predicted molar refractivity (Wildman–Crippen MR) is 146 cm³/mol. The van der Waals surface area contributed by atoms with Gasteiger partial charge in [-0.05, 0) is 77.6 Å². The number of carbonyl (C=O) groups is 1. The Bertz CT molecular complexity index is 1360. The van der Waals surface area contributed by atoms with Crippen LogP contribution in [0.5, 0.6) is 5.75 Å². The lowest BCUT2D eigenvalue weighted by atomic mass is 9.91. The molecule has 4 nitrogen and oxygen atoms in total. The molecule has 0 aliphatic heterocycles. The fraction of sp³-hybridized carbons (Fsp3) is 0.233. The van der Waals surface area contributed by atoms with Crippen LogP contribution >= 0.6 is 12.4 Å². The number of aryl methyl sites for hydroxylation is 1. The summed E-state index contributed by atoms with van der Waals surface area (Å²) < 4.78 is 20.9. The molecule has 4 aromatic carbocycles. The molecule has 6 heteroatoms. The molecule has 0 aliphatic rings. The van der Waals surface area contributed by atoms with Crippen LogP contribution in [-0.2, 0) is 11.2 Å². The summed E-state index contributed by atoms with van der Waals surface area (Å²) in [5.41, 5.74) is 3.87. The van der Waals surface area contributed by atoms with Gasteiger partial charge in [-0.25, -0.2) is 4.39 Å². The lowest BCUT2D eigenvalue weighted by molar-refractivity contribution is -0.136. The SMILES string of the molecule is COc1cccc([C@@H](C)NC(C)c2cc(-c3cccc(CCC(=O)O)c3F)c3ccccc3c2)c1.Cl. The average Bonchev–Trinajstić information content (AvgIpc) is 2.87. The Morgan fingerprint density at radius 2 is 1.64 bits per heavy atom. The van der Waals surface area contributed by atoms with Crippen LogP contribution in [0, 0.1) is 5.82 Å². The molecule has 0 aromatic heterocycles. The quantitative estimate of drug-likeness (QED) is 0.246. The molecule has 188 valence electrons. The summed E-state index contributed by atoms with van der Waals surface area (Å²) in [7, 11) is 1.66. The zero-order chi connectivity index (χ0) is 24.9. The molecule has 0 spiro atoms. The van der Waals surface area contributed by atoms with Crippen molar-refractivity contribution in [3.8, 4) is 16.9 Å². The van der Waals surface area contributed by atoms with E-state index < -0.39 is 5.97 Å². The molecular weight excluding hydrogens is 477 g/mol. The first kappa shape index (κ1) is 27.2. The Kier molecular flexibility index (Phi) is 9.08. The van der Waals surface area contributed by atoms with Crippen molar-refractivity contribution in [3.63, 3.8) is 0 Å². The number of hydrogen-bond donors (Lipinski definition) is 2. The monoisotopic (exact) mass is 507 g/mol. The summed E-state index contributed by atoms with van der Waals surface area (Å²) in [6.07, 6.45) is 0.0485. The van der Waals surface area contributed by atoms with Gasteiger partial charge in [-0.15, -0.1) is 12.4 Å². The second-order valence-electron chi connectivity index (χ2n) is 8.85. The number of carboxylic acid groups (broad SMARTS) is 1. The van der Waals surface area contributed by atoms with Gasteiger partial charge in [0.05, 0.1) is 7.11 Å². The molecule has 2 atom stereocenters. The lowest BCUT2D eigenvalue weighted by Crippen LogP contribution is -2.22. The molecule has 0 saturated carbocycles. The van der Waals surface area contributed by atoms with Crippen molar-refractivity contribution >= 4 is 29.1 Å². The minimum atomic E-state index is -0.938. The third-order valence-electron chi connectivity index (χ3n) is 6.45. The van der Waals surface area contributed by atoms with Gasteiger partial charge < -0.3 is 15.2 Å². The smallest absolute Gasteiger partial charge is 0.303 e.